The van der Waals surface area contributed by atoms with E-state index in [2.05, 4.69) is 15.1 Å². The van der Waals surface area contributed by atoms with Crippen molar-refractivity contribution in [3.05, 3.63) is 11.9 Å². The summed E-state index contributed by atoms with van der Waals surface area (Å²) in [5, 5.41) is 7.47. The first-order valence-corrected chi connectivity index (χ1v) is 7.55. The first-order chi connectivity index (χ1) is 9.21. The molecule has 0 radical (unpaired) electrons. The van der Waals surface area contributed by atoms with Crippen LogP contribution in [0.25, 0.3) is 0 Å². The highest BCUT2D eigenvalue weighted by atomic mass is 16.1. The fourth-order valence-electron chi connectivity index (χ4n) is 3.97. The maximum atomic E-state index is 11.4. The van der Waals surface area contributed by atoms with Gasteiger partial charge >= 0.3 is 0 Å². The molecular formula is C15H23N3O. The highest BCUT2D eigenvalue weighted by molar-refractivity contribution is 5.89. The van der Waals surface area contributed by atoms with Crippen molar-refractivity contribution >= 4 is 11.6 Å². The lowest BCUT2D eigenvalue weighted by Gasteiger charge is -2.38. The molecule has 4 heteroatoms. The van der Waals surface area contributed by atoms with Gasteiger partial charge in [0.05, 0.1) is 17.6 Å². The van der Waals surface area contributed by atoms with Gasteiger partial charge in [0, 0.05) is 18.9 Å². The number of carbonyl (C=O) groups is 1. The molecule has 1 fully saturated rings. The molecule has 1 aliphatic heterocycles. The van der Waals surface area contributed by atoms with E-state index in [4.69, 9.17) is 0 Å². The zero-order valence-corrected chi connectivity index (χ0v) is 11.7. The zero-order valence-electron chi connectivity index (χ0n) is 11.7. The second-order valence-corrected chi connectivity index (χ2v) is 6.11. The summed E-state index contributed by atoms with van der Waals surface area (Å²) in [6.45, 7) is 2.57. The van der Waals surface area contributed by atoms with E-state index < -0.39 is 0 Å². The molecule has 3 rings (SSSR count). The highest BCUT2D eigenvalue weighted by Crippen LogP contribution is 2.47. The Morgan fingerprint density at radius 3 is 2.58 bits per heavy atom. The van der Waals surface area contributed by atoms with Gasteiger partial charge < -0.3 is 5.32 Å². The Morgan fingerprint density at radius 2 is 1.89 bits per heavy atom. The number of hydrogen-bond donors (Lipinski definition) is 1. The lowest BCUT2D eigenvalue weighted by Crippen LogP contribution is -2.34. The van der Waals surface area contributed by atoms with Crippen molar-refractivity contribution < 1.29 is 4.79 Å². The number of nitrogens with one attached hydrogen (secondary N) is 1. The fraction of sp³-hybridized carbons (Fsp3) is 0.733. The van der Waals surface area contributed by atoms with Crippen LogP contribution < -0.4 is 5.32 Å². The summed E-state index contributed by atoms with van der Waals surface area (Å²) < 4.78 is 2.14. The molecule has 1 aromatic rings. The molecule has 104 valence electrons. The van der Waals surface area contributed by atoms with Crippen LogP contribution in [0.15, 0.2) is 6.20 Å². The predicted molar refractivity (Wildman–Crippen MR) is 75.1 cm³/mol. The molecular weight excluding hydrogens is 238 g/mol. The third kappa shape index (κ3) is 2.28. The van der Waals surface area contributed by atoms with Gasteiger partial charge in [-0.1, -0.05) is 25.7 Å². The van der Waals surface area contributed by atoms with Gasteiger partial charge in [-0.3, -0.25) is 9.48 Å². The topological polar surface area (TPSA) is 46.9 Å². The average molecular weight is 261 g/mol. The minimum Gasteiger partial charge on any atom is -0.323 e. The lowest BCUT2D eigenvalue weighted by atomic mass is 9.71. The van der Waals surface area contributed by atoms with E-state index in [-0.39, 0.29) is 11.3 Å². The number of rotatable bonds is 1. The predicted octanol–water partition coefficient (Wildman–Crippen LogP) is 3.23. The van der Waals surface area contributed by atoms with Crippen molar-refractivity contribution in [1.29, 1.82) is 0 Å². The second-order valence-electron chi connectivity index (χ2n) is 6.11. The monoisotopic (exact) mass is 261 g/mol. The first-order valence-electron chi connectivity index (χ1n) is 7.55. The molecule has 1 aromatic heterocycles. The molecule has 1 saturated carbocycles. The number of fused-ring (bicyclic) bond motifs is 2. The van der Waals surface area contributed by atoms with Crippen molar-refractivity contribution in [1.82, 2.24) is 9.78 Å². The zero-order chi connectivity index (χ0) is 13.3. The quantitative estimate of drug-likeness (QED) is 0.843. The van der Waals surface area contributed by atoms with E-state index in [0.717, 1.165) is 12.2 Å². The van der Waals surface area contributed by atoms with Crippen LogP contribution in [0.2, 0.25) is 0 Å². The molecule has 0 unspecified atom stereocenters. The largest absolute Gasteiger partial charge is 0.323 e. The van der Waals surface area contributed by atoms with Gasteiger partial charge in [-0.05, 0) is 25.7 Å². The Labute approximate surface area is 114 Å². The summed E-state index contributed by atoms with van der Waals surface area (Å²) in [6.07, 6.45) is 12.1. The summed E-state index contributed by atoms with van der Waals surface area (Å²) >= 11 is 0. The van der Waals surface area contributed by atoms with Gasteiger partial charge in [-0.2, -0.15) is 5.10 Å². The molecule has 1 spiro atoms. The van der Waals surface area contributed by atoms with Crippen LogP contribution in [0, 0.1) is 0 Å². The molecule has 2 heterocycles. The maximum absolute atomic E-state index is 11.4. The number of nitrogens with zero attached hydrogens (tertiary/aromatic N) is 2. The van der Waals surface area contributed by atoms with Crippen LogP contribution in [0.5, 0.6) is 0 Å². The molecule has 1 N–H and O–H groups in total. The van der Waals surface area contributed by atoms with E-state index in [0.29, 0.717) is 0 Å². The van der Waals surface area contributed by atoms with Crippen molar-refractivity contribution in [2.75, 3.05) is 5.32 Å². The van der Waals surface area contributed by atoms with Crippen molar-refractivity contribution in [3.8, 4) is 0 Å². The van der Waals surface area contributed by atoms with Crippen molar-refractivity contribution in [3.63, 3.8) is 0 Å². The third-order valence-corrected chi connectivity index (χ3v) is 4.74. The average Bonchev–Trinajstić information content (AvgIpc) is 2.64. The Hall–Kier alpha value is -1.32. The summed E-state index contributed by atoms with van der Waals surface area (Å²) in [4.78, 5) is 11.4. The van der Waals surface area contributed by atoms with E-state index in [1.54, 1.807) is 6.92 Å². The number of carbonyl (C=O) groups excluding carboxylic acids is 1. The van der Waals surface area contributed by atoms with Crippen molar-refractivity contribution in [2.45, 2.75) is 70.3 Å². The van der Waals surface area contributed by atoms with E-state index in [1.807, 2.05) is 6.20 Å². The third-order valence-electron chi connectivity index (χ3n) is 4.74. The number of anilines is 1. The smallest absolute Gasteiger partial charge is 0.221 e. The van der Waals surface area contributed by atoms with Gasteiger partial charge in [0.25, 0.3) is 0 Å². The van der Waals surface area contributed by atoms with Crippen LogP contribution in [0.3, 0.4) is 0 Å². The summed E-state index contributed by atoms with van der Waals surface area (Å²) in [5.41, 5.74) is 2.52. The molecule has 0 saturated heterocycles. The summed E-state index contributed by atoms with van der Waals surface area (Å²) in [6, 6.07) is 0. The number of amides is 1. The van der Waals surface area contributed by atoms with Gasteiger partial charge in [-0.25, -0.2) is 0 Å². The number of aromatic nitrogens is 2. The van der Waals surface area contributed by atoms with Crippen LogP contribution in [-0.4, -0.2) is 15.7 Å². The summed E-state index contributed by atoms with van der Waals surface area (Å²) in [5.74, 6) is 0.00476. The van der Waals surface area contributed by atoms with E-state index >= 15 is 0 Å². The molecule has 1 amide bonds. The van der Waals surface area contributed by atoms with Crippen LogP contribution in [0.1, 0.15) is 64.0 Å². The second kappa shape index (κ2) is 4.99. The minimum absolute atomic E-state index is 0.00476. The number of aryl methyl sites for hydroxylation is 1. The standard InChI is InChI=1S/C15H23N3O/c1-12(19)17-13-11-16-18-10-6-9-15(14(13)18)7-4-2-3-5-8-15/h11H,2-10H2,1H3,(H,17,19). The Balaban J connectivity index is 2.01. The minimum atomic E-state index is 0.00476. The molecule has 4 nitrogen and oxygen atoms in total. The van der Waals surface area contributed by atoms with Gasteiger partial charge in [0.2, 0.25) is 5.91 Å². The first kappa shape index (κ1) is 12.7. The maximum Gasteiger partial charge on any atom is 0.221 e. The Morgan fingerprint density at radius 1 is 1.21 bits per heavy atom. The van der Waals surface area contributed by atoms with Crippen LogP contribution in [0.4, 0.5) is 5.69 Å². The molecule has 19 heavy (non-hydrogen) atoms. The molecule has 1 aliphatic carbocycles. The fourth-order valence-corrected chi connectivity index (χ4v) is 3.97. The Bertz CT molecular complexity index is 470. The normalized spacial score (nSPS) is 21.7. The van der Waals surface area contributed by atoms with Crippen LogP contribution in [-0.2, 0) is 16.8 Å². The molecule has 0 bridgehead atoms. The van der Waals surface area contributed by atoms with Gasteiger partial charge in [0.15, 0.2) is 0 Å². The molecule has 0 atom stereocenters. The Kier molecular flexibility index (Phi) is 3.33. The van der Waals surface area contributed by atoms with Gasteiger partial charge in [-0.15, -0.1) is 0 Å². The van der Waals surface area contributed by atoms with Gasteiger partial charge in [0.1, 0.15) is 0 Å². The summed E-state index contributed by atoms with van der Waals surface area (Å²) in [7, 11) is 0. The molecule has 0 aromatic carbocycles. The van der Waals surface area contributed by atoms with Crippen molar-refractivity contribution in [2.24, 2.45) is 0 Å². The van der Waals surface area contributed by atoms with E-state index in [1.165, 1.54) is 57.1 Å². The highest BCUT2D eigenvalue weighted by Gasteiger charge is 2.40. The lowest BCUT2D eigenvalue weighted by molar-refractivity contribution is -0.114. The molecule has 2 aliphatic rings. The van der Waals surface area contributed by atoms with Crippen LogP contribution >= 0.6 is 0 Å². The number of hydrogen-bond acceptors (Lipinski definition) is 2. The van der Waals surface area contributed by atoms with E-state index in [9.17, 15) is 4.79 Å². The SMILES string of the molecule is CC(=O)Nc1cnn2c1C1(CCCCCC1)CCC2.